The van der Waals surface area contributed by atoms with Gasteiger partial charge in [-0.05, 0) is 36.6 Å². The minimum absolute atomic E-state index is 0.178. The maximum Gasteiger partial charge on any atom is 0.311 e. The first-order chi connectivity index (χ1) is 14.8. The minimum atomic E-state index is -0.915. The van der Waals surface area contributed by atoms with Crippen LogP contribution in [0.25, 0.3) is 0 Å². The van der Waals surface area contributed by atoms with Gasteiger partial charge in [0.25, 0.3) is 0 Å². The van der Waals surface area contributed by atoms with Gasteiger partial charge in [0.1, 0.15) is 0 Å². The monoisotopic (exact) mass is 425 g/mol. The van der Waals surface area contributed by atoms with Crippen LogP contribution in [-0.4, -0.2) is 31.1 Å². The molecule has 1 atom stereocenters. The molecule has 0 amide bonds. The Hall–Kier alpha value is -3.15. The van der Waals surface area contributed by atoms with E-state index in [2.05, 4.69) is 4.90 Å². The Kier molecular flexibility index (Phi) is 9.25. The molecular weight excluding hydrogens is 394 g/mol. The summed E-state index contributed by atoms with van der Waals surface area (Å²) < 4.78 is 10.3. The van der Waals surface area contributed by atoms with Crippen LogP contribution < -0.4 is 4.90 Å². The molecule has 0 radical (unpaired) electrons. The van der Waals surface area contributed by atoms with Crippen molar-refractivity contribution < 1.29 is 23.9 Å². The molecule has 0 aliphatic rings. The van der Waals surface area contributed by atoms with Crippen molar-refractivity contribution in [3.05, 3.63) is 65.2 Å². The molecule has 0 saturated heterocycles. The van der Waals surface area contributed by atoms with Crippen LogP contribution in [0.2, 0.25) is 0 Å². The van der Waals surface area contributed by atoms with Crippen molar-refractivity contribution in [3.8, 4) is 0 Å². The van der Waals surface area contributed by atoms with Gasteiger partial charge in [0.05, 0.1) is 5.92 Å². The predicted octanol–water partition coefficient (Wildman–Crippen LogP) is 4.68. The van der Waals surface area contributed by atoms with E-state index in [0.29, 0.717) is 25.1 Å². The Morgan fingerprint density at radius 1 is 1.03 bits per heavy atom. The zero-order valence-corrected chi connectivity index (χ0v) is 18.7. The molecule has 0 saturated carbocycles. The maximum absolute atomic E-state index is 12.2. The van der Waals surface area contributed by atoms with E-state index < -0.39 is 18.2 Å². The van der Waals surface area contributed by atoms with Crippen LogP contribution in [0.3, 0.4) is 0 Å². The van der Waals surface area contributed by atoms with Gasteiger partial charge in [-0.25, -0.2) is 0 Å². The molecule has 0 spiro atoms. The highest BCUT2D eigenvalue weighted by atomic mass is 16.7. The van der Waals surface area contributed by atoms with E-state index in [9.17, 15) is 14.4 Å². The number of hydrogen-bond acceptors (Lipinski definition) is 6. The number of nitrogens with zero attached hydrogens (tertiary/aromatic N) is 1. The summed E-state index contributed by atoms with van der Waals surface area (Å²) >= 11 is 0. The zero-order chi connectivity index (χ0) is 22.8. The summed E-state index contributed by atoms with van der Waals surface area (Å²) in [5.41, 5.74) is 3.61. The molecule has 2 rings (SSSR count). The summed E-state index contributed by atoms with van der Waals surface area (Å²) in [6, 6.07) is 15.7. The molecule has 0 heterocycles. The summed E-state index contributed by atoms with van der Waals surface area (Å²) in [5.74, 6) is -1.12. The molecular formula is C25H31NO5. The Morgan fingerprint density at radius 2 is 1.74 bits per heavy atom. The number of rotatable bonds is 11. The van der Waals surface area contributed by atoms with E-state index in [4.69, 9.17) is 9.47 Å². The van der Waals surface area contributed by atoms with Crippen LogP contribution >= 0.6 is 0 Å². The lowest BCUT2D eigenvalue weighted by Crippen LogP contribution is -2.27. The van der Waals surface area contributed by atoms with Crippen LogP contribution in [0, 0.1) is 12.8 Å². The highest BCUT2D eigenvalue weighted by molar-refractivity contribution is 5.85. The second-order valence-electron chi connectivity index (χ2n) is 7.84. The average Bonchev–Trinajstić information content (AvgIpc) is 2.73. The number of aldehydes is 1. The summed E-state index contributed by atoms with van der Waals surface area (Å²) in [7, 11) is 0. The van der Waals surface area contributed by atoms with Crippen molar-refractivity contribution in [2.75, 3.05) is 11.4 Å². The van der Waals surface area contributed by atoms with Crippen LogP contribution in [0.5, 0.6) is 0 Å². The molecule has 6 nitrogen and oxygen atoms in total. The normalized spacial score (nSPS) is 11.6. The third-order valence-electron chi connectivity index (χ3n) is 4.73. The number of aryl methyl sites for hydroxylation is 1. The van der Waals surface area contributed by atoms with Gasteiger partial charge in [-0.15, -0.1) is 0 Å². The van der Waals surface area contributed by atoms with Crippen LogP contribution in [-0.2, 0) is 25.6 Å². The molecule has 2 aromatic rings. The molecule has 0 aromatic heterocycles. The number of ether oxygens (including phenoxy) is 2. The lowest BCUT2D eigenvalue weighted by atomic mass is 10.1. The maximum atomic E-state index is 12.2. The number of hydrogen-bond donors (Lipinski definition) is 0. The van der Waals surface area contributed by atoms with Gasteiger partial charge in [-0.3, -0.25) is 14.4 Å². The Labute approximate surface area is 184 Å². The van der Waals surface area contributed by atoms with E-state index in [1.807, 2.05) is 55.5 Å². The zero-order valence-electron chi connectivity index (χ0n) is 18.7. The third-order valence-corrected chi connectivity index (χ3v) is 4.73. The van der Waals surface area contributed by atoms with Crippen molar-refractivity contribution in [1.29, 1.82) is 0 Å². The van der Waals surface area contributed by atoms with Crippen LogP contribution in [0.4, 0.5) is 5.69 Å². The summed E-state index contributed by atoms with van der Waals surface area (Å²) in [5, 5.41) is 0. The summed E-state index contributed by atoms with van der Waals surface area (Å²) in [6.07, 6.45) is 0.646. The Balaban J connectivity index is 2.02. The van der Waals surface area contributed by atoms with Gasteiger partial charge in [-0.1, -0.05) is 50.2 Å². The number of carbonyl (C=O) groups is 3. The molecule has 6 heteroatoms. The fourth-order valence-electron chi connectivity index (χ4n) is 3.10. The highest BCUT2D eigenvalue weighted by Gasteiger charge is 2.17. The Morgan fingerprint density at radius 3 is 2.39 bits per heavy atom. The van der Waals surface area contributed by atoms with Crippen LogP contribution in [0.1, 0.15) is 55.1 Å². The number of carbonyl (C=O) groups excluding carboxylic acids is 3. The molecule has 0 bridgehead atoms. The standard InChI is InChI=1S/C25H31NO5/c1-18(2)25(29)31-20(4)30-24(28)11-8-14-26(16-21-9-6-5-7-10-21)23-15-19(3)12-13-22(23)17-27/h5-7,9-10,12-13,15,17-18,20H,8,11,14,16H2,1-4H3. The highest BCUT2D eigenvalue weighted by Crippen LogP contribution is 2.24. The SMILES string of the molecule is Cc1ccc(C=O)c(N(CCCC(=O)OC(C)OC(=O)C(C)C)Cc2ccccc2)c1. The van der Waals surface area contributed by atoms with Crippen LogP contribution in [0.15, 0.2) is 48.5 Å². The number of esters is 2. The van der Waals surface area contributed by atoms with Crippen molar-refractivity contribution in [2.24, 2.45) is 5.92 Å². The topological polar surface area (TPSA) is 72.9 Å². The first kappa shape index (κ1) is 24.1. The minimum Gasteiger partial charge on any atom is -0.425 e. The largest absolute Gasteiger partial charge is 0.425 e. The summed E-state index contributed by atoms with van der Waals surface area (Å²) in [6.45, 7) is 8.13. The number of anilines is 1. The first-order valence-electron chi connectivity index (χ1n) is 10.5. The molecule has 0 aliphatic carbocycles. The van der Waals surface area contributed by atoms with E-state index in [0.717, 1.165) is 23.1 Å². The molecule has 1 unspecified atom stereocenters. The van der Waals surface area contributed by atoms with E-state index in [1.54, 1.807) is 13.8 Å². The second-order valence-corrected chi connectivity index (χ2v) is 7.84. The van der Waals surface area contributed by atoms with Crippen molar-refractivity contribution >= 4 is 23.9 Å². The van der Waals surface area contributed by atoms with Gasteiger partial charge < -0.3 is 14.4 Å². The van der Waals surface area contributed by atoms with Gasteiger partial charge in [-0.2, -0.15) is 0 Å². The first-order valence-corrected chi connectivity index (χ1v) is 10.5. The molecule has 0 N–H and O–H groups in total. The van der Waals surface area contributed by atoms with E-state index in [-0.39, 0.29) is 12.3 Å². The van der Waals surface area contributed by atoms with Gasteiger partial charge in [0.15, 0.2) is 6.29 Å². The fourth-order valence-corrected chi connectivity index (χ4v) is 3.10. The summed E-state index contributed by atoms with van der Waals surface area (Å²) in [4.78, 5) is 37.5. The molecule has 31 heavy (non-hydrogen) atoms. The Bertz CT molecular complexity index is 879. The average molecular weight is 426 g/mol. The lowest BCUT2D eigenvalue weighted by molar-refractivity contribution is -0.186. The van der Waals surface area contributed by atoms with E-state index >= 15 is 0 Å². The molecule has 0 fully saturated rings. The fraction of sp³-hybridized carbons (Fsp3) is 0.400. The van der Waals surface area contributed by atoms with Crippen molar-refractivity contribution in [3.63, 3.8) is 0 Å². The second kappa shape index (κ2) is 11.9. The quantitative estimate of drug-likeness (QED) is 0.296. The predicted molar refractivity (Wildman–Crippen MR) is 120 cm³/mol. The van der Waals surface area contributed by atoms with E-state index in [1.165, 1.54) is 6.92 Å². The smallest absolute Gasteiger partial charge is 0.311 e. The van der Waals surface area contributed by atoms with Crippen molar-refractivity contribution in [1.82, 2.24) is 0 Å². The van der Waals surface area contributed by atoms with Gasteiger partial charge >= 0.3 is 11.9 Å². The third kappa shape index (κ3) is 7.89. The van der Waals surface area contributed by atoms with Gasteiger partial charge in [0, 0.05) is 37.7 Å². The lowest BCUT2D eigenvalue weighted by Gasteiger charge is -2.27. The molecule has 0 aliphatic heterocycles. The van der Waals surface area contributed by atoms with Crippen molar-refractivity contribution in [2.45, 2.75) is 53.4 Å². The molecule has 2 aromatic carbocycles. The van der Waals surface area contributed by atoms with Gasteiger partial charge in [0.2, 0.25) is 6.29 Å². The molecule has 166 valence electrons. The number of benzene rings is 2.